The summed E-state index contributed by atoms with van der Waals surface area (Å²) in [5.74, 6) is -0.131. The Kier molecular flexibility index (Phi) is 3.36. The van der Waals surface area contributed by atoms with Crippen LogP contribution in [0.15, 0.2) is 34.4 Å². The number of anilines is 1. The van der Waals surface area contributed by atoms with Crippen molar-refractivity contribution in [1.29, 1.82) is 0 Å². The van der Waals surface area contributed by atoms with Gasteiger partial charge in [0.15, 0.2) is 0 Å². The Morgan fingerprint density at radius 1 is 1.50 bits per heavy atom. The van der Waals surface area contributed by atoms with Crippen molar-refractivity contribution < 1.29 is 4.79 Å². The van der Waals surface area contributed by atoms with Crippen LogP contribution in [0, 0.1) is 6.92 Å². The number of amides is 1. The molecule has 5 heteroatoms. The van der Waals surface area contributed by atoms with Gasteiger partial charge in [-0.05, 0) is 34.5 Å². The molecule has 2 aromatic rings. The first-order valence-corrected chi connectivity index (χ1v) is 6.30. The van der Waals surface area contributed by atoms with Crippen LogP contribution in [0.3, 0.4) is 0 Å². The molecule has 1 amide bonds. The first kappa shape index (κ1) is 11.3. The summed E-state index contributed by atoms with van der Waals surface area (Å²) in [6, 6.07) is 5.74. The molecule has 1 aromatic heterocycles. The summed E-state index contributed by atoms with van der Waals surface area (Å²) in [5.41, 5.74) is 3.50. The van der Waals surface area contributed by atoms with Crippen molar-refractivity contribution in [2.75, 3.05) is 5.32 Å². The van der Waals surface area contributed by atoms with Crippen molar-refractivity contribution in [3.05, 3.63) is 44.8 Å². The van der Waals surface area contributed by atoms with Gasteiger partial charge in [0, 0.05) is 4.47 Å². The second kappa shape index (κ2) is 4.76. The summed E-state index contributed by atoms with van der Waals surface area (Å²) < 4.78 is 0.910. The van der Waals surface area contributed by atoms with E-state index in [-0.39, 0.29) is 5.91 Å². The lowest BCUT2D eigenvalue weighted by atomic mass is 10.2. The molecule has 0 atom stereocenters. The molecule has 0 saturated carbocycles. The highest BCUT2D eigenvalue weighted by Gasteiger charge is 2.10. The second-order valence-corrected chi connectivity index (χ2v) is 4.94. The zero-order valence-corrected chi connectivity index (χ0v) is 10.9. The van der Waals surface area contributed by atoms with E-state index in [2.05, 4.69) is 26.2 Å². The molecule has 0 aliphatic heterocycles. The van der Waals surface area contributed by atoms with Crippen LogP contribution >= 0.6 is 27.3 Å². The third-order valence-corrected chi connectivity index (χ3v) is 3.92. The zero-order chi connectivity index (χ0) is 11.5. The van der Waals surface area contributed by atoms with Crippen LogP contribution in [0.1, 0.15) is 15.2 Å². The lowest BCUT2D eigenvalue weighted by Crippen LogP contribution is -2.10. The Morgan fingerprint density at radius 2 is 2.31 bits per heavy atom. The topological polar surface area (TPSA) is 42.0 Å². The van der Waals surface area contributed by atoms with Crippen LogP contribution in [-0.4, -0.2) is 10.9 Å². The van der Waals surface area contributed by atoms with Gasteiger partial charge in [0.1, 0.15) is 4.88 Å². The maximum Gasteiger partial charge on any atom is 0.267 e. The summed E-state index contributed by atoms with van der Waals surface area (Å²) in [7, 11) is 0. The van der Waals surface area contributed by atoms with E-state index in [0.717, 1.165) is 15.7 Å². The average Bonchev–Trinajstić information content (AvgIpc) is 2.78. The highest BCUT2D eigenvalue weighted by atomic mass is 79.9. The van der Waals surface area contributed by atoms with E-state index in [4.69, 9.17) is 0 Å². The number of hydrogen-bond donors (Lipinski definition) is 1. The minimum atomic E-state index is -0.131. The van der Waals surface area contributed by atoms with Crippen molar-refractivity contribution in [2.24, 2.45) is 0 Å². The molecular weight excluding hydrogens is 288 g/mol. The maximum absolute atomic E-state index is 11.8. The Labute approximate surface area is 106 Å². The number of aryl methyl sites for hydroxylation is 1. The molecule has 3 nitrogen and oxygen atoms in total. The van der Waals surface area contributed by atoms with E-state index in [9.17, 15) is 4.79 Å². The van der Waals surface area contributed by atoms with Gasteiger partial charge >= 0.3 is 0 Å². The number of aromatic nitrogens is 1. The van der Waals surface area contributed by atoms with E-state index < -0.39 is 0 Å². The Balaban J connectivity index is 2.22. The lowest BCUT2D eigenvalue weighted by Gasteiger charge is -2.07. The molecule has 0 saturated heterocycles. The molecule has 16 heavy (non-hydrogen) atoms. The van der Waals surface area contributed by atoms with Gasteiger partial charge in [0.2, 0.25) is 0 Å². The number of rotatable bonds is 2. The molecule has 0 aliphatic carbocycles. The van der Waals surface area contributed by atoms with Gasteiger partial charge < -0.3 is 5.32 Å². The summed E-state index contributed by atoms with van der Waals surface area (Å²) in [5, 5.41) is 2.84. The van der Waals surface area contributed by atoms with Gasteiger partial charge in [-0.2, -0.15) is 0 Å². The molecule has 1 heterocycles. The molecule has 2 rings (SSSR count). The number of hydrogen-bond acceptors (Lipinski definition) is 3. The lowest BCUT2D eigenvalue weighted by molar-refractivity contribution is 0.103. The normalized spacial score (nSPS) is 10.1. The van der Waals surface area contributed by atoms with Crippen LogP contribution < -0.4 is 5.32 Å². The molecule has 0 radical (unpaired) electrons. The van der Waals surface area contributed by atoms with Crippen molar-refractivity contribution in [2.45, 2.75) is 6.92 Å². The molecule has 0 aliphatic rings. The molecule has 0 fully saturated rings. The monoisotopic (exact) mass is 296 g/mol. The highest BCUT2D eigenvalue weighted by Crippen LogP contribution is 2.26. The number of benzene rings is 1. The zero-order valence-electron chi connectivity index (χ0n) is 8.53. The van der Waals surface area contributed by atoms with Crippen LogP contribution in [0.5, 0.6) is 0 Å². The van der Waals surface area contributed by atoms with Crippen LogP contribution in [-0.2, 0) is 0 Å². The third kappa shape index (κ3) is 2.31. The first-order chi connectivity index (χ1) is 7.68. The molecule has 1 N–H and O–H groups in total. The van der Waals surface area contributed by atoms with Gasteiger partial charge in [-0.15, -0.1) is 11.3 Å². The number of thiazole rings is 1. The molecule has 1 aromatic carbocycles. The quantitative estimate of drug-likeness (QED) is 0.922. The molecule has 0 bridgehead atoms. The molecule has 0 spiro atoms. The minimum absolute atomic E-state index is 0.131. The standard InChI is InChI=1S/C11H9BrN2OS/c1-7-3-2-4-8(10(7)12)14-11(15)9-5-13-6-16-9/h2-6H,1H3,(H,14,15). The van der Waals surface area contributed by atoms with Crippen LogP contribution in [0.4, 0.5) is 5.69 Å². The number of carbonyl (C=O) groups is 1. The minimum Gasteiger partial charge on any atom is -0.320 e. The van der Waals surface area contributed by atoms with Gasteiger partial charge in [-0.25, -0.2) is 0 Å². The van der Waals surface area contributed by atoms with Crippen LogP contribution in [0.25, 0.3) is 0 Å². The summed E-state index contributed by atoms with van der Waals surface area (Å²) in [6.07, 6.45) is 1.56. The largest absolute Gasteiger partial charge is 0.320 e. The number of halogens is 1. The van der Waals surface area contributed by atoms with Crippen molar-refractivity contribution >= 4 is 38.9 Å². The first-order valence-electron chi connectivity index (χ1n) is 4.63. The Morgan fingerprint density at radius 3 is 3.00 bits per heavy atom. The Hall–Kier alpha value is -1.20. The average molecular weight is 297 g/mol. The maximum atomic E-state index is 11.8. The van der Waals surface area contributed by atoms with E-state index in [0.29, 0.717) is 4.88 Å². The predicted octanol–water partition coefficient (Wildman–Crippen LogP) is 3.47. The fraction of sp³-hybridized carbons (Fsp3) is 0.0909. The van der Waals surface area contributed by atoms with E-state index in [1.165, 1.54) is 11.3 Å². The van der Waals surface area contributed by atoms with Crippen molar-refractivity contribution in [3.8, 4) is 0 Å². The van der Waals surface area contributed by atoms with Crippen molar-refractivity contribution in [1.82, 2.24) is 4.98 Å². The number of nitrogens with zero attached hydrogens (tertiary/aromatic N) is 1. The fourth-order valence-electron chi connectivity index (χ4n) is 1.26. The summed E-state index contributed by atoms with van der Waals surface area (Å²) >= 11 is 4.77. The van der Waals surface area contributed by atoms with Gasteiger partial charge in [0.25, 0.3) is 5.91 Å². The second-order valence-electron chi connectivity index (χ2n) is 3.26. The van der Waals surface area contributed by atoms with E-state index >= 15 is 0 Å². The van der Waals surface area contributed by atoms with Gasteiger partial charge in [-0.3, -0.25) is 9.78 Å². The van der Waals surface area contributed by atoms with Gasteiger partial charge in [-0.1, -0.05) is 12.1 Å². The van der Waals surface area contributed by atoms with E-state index in [1.54, 1.807) is 11.7 Å². The summed E-state index contributed by atoms with van der Waals surface area (Å²) in [4.78, 5) is 16.3. The molecular formula is C11H9BrN2OS. The van der Waals surface area contributed by atoms with Crippen molar-refractivity contribution in [3.63, 3.8) is 0 Å². The molecule has 82 valence electrons. The smallest absolute Gasteiger partial charge is 0.267 e. The SMILES string of the molecule is Cc1cccc(NC(=O)c2cncs2)c1Br. The highest BCUT2D eigenvalue weighted by molar-refractivity contribution is 9.10. The number of nitrogens with one attached hydrogen (secondary N) is 1. The van der Waals surface area contributed by atoms with Crippen LogP contribution in [0.2, 0.25) is 0 Å². The third-order valence-electron chi connectivity index (χ3n) is 2.10. The summed E-state index contributed by atoms with van der Waals surface area (Å²) in [6.45, 7) is 1.98. The van der Waals surface area contributed by atoms with Gasteiger partial charge in [0.05, 0.1) is 17.4 Å². The van der Waals surface area contributed by atoms with E-state index in [1.807, 2.05) is 25.1 Å². The predicted molar refractivity (Wildman–Crippen MR) is 68.9 cm³/mol. The molecule has 0 unspecified atom stereocenters. The fourth-order valence-corrected chi connectivity index (χ4v) is 2.13. The number of carbonyl (C=O) groups excluding carboxylic acids is 1. The Bertz CT molecular complexity index is 511.